The van der Waals surface area contributed by atoms with E-state index in [4.69, 9.17) is 0 Å². The summed E-state index contributed by atoms with van der Waals surface area (Å²) in [5.74, 6) is 1.28. The predicted octanol–water partition coefficient (Wildman–Crippen LogP) is 0.263. The van der Waals surface area contributed by atoms with E-state index < -0.39 is 10.0 Å². The van der Waals surface area contributed by atoms with Gasteiger partial charge in [0.1, 0.15) is 18.7 Å². The highest BCUT2D eigenvalue weighted by atomic mass is 32.2. The molecule has 0 saturated heterocycles. The van der Waals surface area contributed by atoms with Crippen molar-refractivity contribution in [3.63, 3.8) is 0 Å². The monoisotopic (exact) mass is 391 g/mol. The Bertz CT molecular complexity index is 908. The number of aryl methyl sites for hydroxylation is 1. The minimum Gasteiger partial charge on any atom is -0.357 e. The lowest BCUT2D eigenvalue weighted by atomic mass is 10.2. The molecular weight excluding hydrogens is 366 g/mol. The zero-order valence-corrected chi connectivity index (χ0v) is 16.4. The molecular formula is C17H25N7O2S. The number of rotatable bonds is 7. The maximum absolute atomic E-state index is 12.7. The SMILES string of the molecule is CCNC(=NCc1ncnn1C)NCCS(=O)(=O)N1CCc2ccccc21. The second kappa shape index (κ2) is 8.38. The molecule has 0 spiro atoms. The average Bonchev–Trinajstić information content (AvgIpc) is 3.26. The Morgan fingerprint density at radius 2 is 2.11 bits per heavy atom. The van der Waals surface area contributed by atoms with E-state index in [2.05, 4.69) is 25.7 Å². The molecule has 146 valence electrons. The number of hydrogen-bond donors (Lipinski definition) is 2. The number of hydrogen-bond acceptors (Lipinski definition) is 5. The van der Waals surface area contributed by atoms with Crippen molar-refractivity contribution in [2.75, 3.05) is 29.7 Å². The summed E-state index contributed by atoms with van der Waals surface area (Å²) in [6.07, 6.45) is 2.23. The van der Waals surface area contributed by atoms with Crippen molar-refractivity contribution in [1.82, 2.24) is 25.4 Å². The number of fused-ring (bicyclic) bond motifs is 1. The standard InChI is InChI=1S/C17H25N7O2S/c1-3-18-17(20-12-16-21-13-22-23(16)2)19-9-11-27(25,26)24-10-8-14-6-4-5-7-15(14)24/h4-7,13H,3,8-12H2,1-2H3,(H2,18,19,20). The van der Waals surface area contributed by atoms with Gasteiger partial charge < -0.3 is 10.6 Å². The van der Waals surface area contributed by atoms with E-state index in [1.54, 1.807) is 11.7 Å². The smallest absolute Gasteiger partial charge is 0.236 e. The van der Waals surface area contributed by atoms with Crippen LogP contribution in [0.2, 0.25) is 0 Å². The van der Waals surface area contributed by atoms with E-state index in [1.807, 2.05) is 31.2 Å². The molecule has 1 aliphatic heterocycles. The lowest BCUT2D eigenvalue weighted by Gasteiger charge is -2.20. The van der Waals surface area contributed by atoms with Gasteiger partial charge in [-0.2, -0.15) is 5.10 Å². The molecule has 1 aliphatic rings. The Morgan fingerprint density at radius 3 is 2.85 bits per heavy atom. The van der Waals surface area contributed by atoms with Crippen LogP contribution in [0.4, 0.5) is 5.69 Å². The van der Waals surface area contributed by atoms with E-state index >= 15 is 0 Å². The maximum Gasteiger partial charge on any atom is 0.236 e. The molecule has 2 N–H and O–H groups in total. The zero-order chi connectivity index (χ0) is 19.3. The molecule has 0 unspecified atom stereocenters. The van der Waals surface area contributed by atoms with Gasteiger partial charge in [0.25, 0.3) is 0 Å². The normalized spacial score (nSPS) is 14.3. The van der Waals surface area contributed by atoms with Gasteiger partial charge in [-0.05, 0) is 25.0 Å². The van der Waals surface area contributed by atoms with Crippen LogP contribution in [-0.4, -0.2) is 54.5 Å². The van der Waals surface area contributed by atoms with E-state index in [1.165, 1.54) is 10.6 Å². The molecule has 3 rings (SSSR count). The largest absolute Gasteiger partial charge is 0.357 e. The van der Waals surface area contributed by atoms with Crippen molar-refractivity contribution < 1.29 is 8.42 Å². The molecule has 9 nitrogen and oxygen atoms in total. The minimum atomic E-state index is -3.39. The first-order valence-electron chi connectivity index (χ1n) is 8.94. The molecule has 0 amide bonds. The summed E-state index contributed by atoms with van der Waals surface area (Å²) in [6.45, 7) is 3.76. The highest BCUT2D eigenvalue weighted by Crippen LogP contribution is 2.29. The van der Waals surface area contributed by atoms with Crippen LogP contribution >= 0.6 is 0 Å². The lowest BCUT2D eigenvalue weighted by molar-refractivity contribution is 0.590. The van der Waals surface area contributed by atoms with Crippen molar-refractivity contribution in [3.05, 3.63) is 42.0 Å². The van der Waals surface area contributed by atoms with Gasteiger partial charge in [0.15, 0.2) is 5.96 Å². The fraction of sp³-hybridized carbons (Fsp3) is 0.471. The first-order valence-corrected chi connectivity index (χ1v) is 10.6. The molecule has 1 aromatic heterocycles. The molecule has 0 radical (unpaired) electrons. The number of guanidine groups is 1. The number of benzene rings is 1. The molecule has 0 bridgehead atoms. The van der Waals surface area contributed by atoms with Crippen molar-refractivity contribution in [2.24, 2.45) is 12.0 Å². The van der Waals surface area contributed by atoms with Crippen LogP contribution in [0, 0.1) is 0 Å². The molecule has 0 fully saturated rings. The molecule has 0 saturated carbocycles. The first kappa shape index (κ1) is 19.2. The molecule has 10 heteroatoms. The number of aromatic nitrogens is 3. The summed E-state index contributed by atoms with van der Waals surface area (Å²) in [6, 6.07) is 7.64. The quantitative estimate of drug-likeness (QED) is 0.518. The number of para-hydroxylation sites is 1. The molecule has 0 atom stereocenters. The Hall–Kier alpha value is -2.62. The minimum absolute atomic E-state index is 0.00426. The van der Waals surface area contributed by atoms with Crippen LogP contribution in [0.1, 0.15) is 18.3 Å². The fourth-order valence-electron chi connectivity index (χ4n) is 2.96. The van der Waals surface area contributed by atoms with Gasteiger partial charge >= 0.3 is 0 Å². The highest BCUT2D eigenvalue weighted by molar-refractivity contribution is 7.92. The van der Waals surface area contributed by atoms with Gasteiger partial charge in [0, 0.05) is 26.7 Å². The molecule has 1 aromatic carbocycles. The third-order valence-corrected chi connectivity index (χ3v) is 6.13. The van der Waals surface area contributed by atoms with E-state index in [9.17, 15) is 8.42 Å². The summed E-state index contributed by atoms with van der Waals surface area (Å²) in [7, 11) is -1.58. The molecule has 27 heavy (non-hydrogen) atoms. The Morgan fingerprint density at radius 1 is 1.30 bits per heavy atom. The number of anilines is 1. The van der Waals surface area contributed by atoms with Gasteiger partial charge in [-0.3, -0.25) is 8.99 Å². The molecule has 2 aromatic rings. The van der Waals surface area contributed by atoms with Crippen molar-refractivity contribution >= 4 is 21.7 Å². The number of aliphatic imine (C=N–C) groups is 1. The van der Waals surface area contributed by atoms with Crippen molar-refractivity contribution in [1.29, 1.82) is 0 Å². The average molecular weight is 392 g/mol. The van der Waals surface area contributed by atoms with E-state index in [0.717, 1.165) is 23.5 Å². The van der Waals surface area contributed by atoms with Gasteiger partial charge in [-0.15, -0.1) is 0 Å². The van der Waals surface area contributed by atoms with Gasteiger partial charge in [-0.1, -0.05) is 18.2 Å². The van der Waals surface area contributed by atoms with E-state index in [-0.39, 0.29) is 12.3 Å². The van der Waals surface area contributed by atoms with Crippen LogP contribution in [0.3, 0.4) is 0 Å². The predicted molar refractivity (Wildman–Crippen MR) is 105 cm³/mol. The van der Waals surface area contributed by atoms with Gasteiger partial charge in [-0.25, -0.2) is 18.4 Å². The van der Waals surface area contributed by atoms with Crippen molar-refractivity contribution in [3.8, 4) is 0 Å². The Balaban J connectivity index is 1.59. The van der Waals surface area contributed by atoms with Crippen LogP contribution in [0.25, 0.3) is 0 Å². The molecule has 0 aliphatic carbocycles. The van der Waals surface area contributed by atoms with Crippen LogP contribution in [0.15, 0.2) is 35.6 Å². The summed E-state index contributed by atoms with van der Waals surface area (Å²) < 4.78 is 28.6. The van der Waals surface area contributed by atoms with Crippen molar-refractivity contribution in [2.45, 2.75) is 19.9 Å². The lowest BCUT2D eigenvalue weighted by Crippen LogP contribution is -2.42. The second-order valence-corrected chi connectivity index (χ2v) is 8.20. The number of nitrogens with one attached hydrogen (secondary N) is 2. The number of sulfonamides is 1. The summed E-state index contributed by atoms with van der Waals surface area (Å²) in [4.78, 5) is 8.56. The third kappa shape index (κ3) is 4.57. The Kier molecular flexibility index (Phi) is 5.94. The summed E-state index contributed by atoms with van der Waals surface area (Å²) in [5, 5.41) is 10.2. The topological polar surface area (TPSA) is 105 Å². The van der Waals surface area contributed by atoms with Gasteiger partial charge in [0.05, 0.1) is 11.4 Å². The Labute approximate surface area is 159 Å². The second-order valence-electron chi connectivity index (χ2n) is 6.19. The van der Waals surface area contributed by atoms with Crippen LogP contribution in [-0.2, 0) is 30.0 Å². The van der Waals surface area contributed by atoms with E-state index in [0.29, 0.717) is 25.6 Å². The van der Waals surface area contributed by atoms with Gasteiger partial charge in [0.2, 0.25) is 10.0 Å². The summed E-state index contributed by atoms with van der Waals surface area (Å²) >= 11 is 0. The fourth-order valence-corrected chi connectivity index (χ4v) is 4.39. The first-order chi connectivity index (χ1) is 13.0. The summed E-state index contributed by atoms with van der Waals surface area (Å²) in [5.41, 5.74) is 1.87. The third-order valence-electron chi connectivity index (χ3n) is 4.36. The number of nitrogens with zero attached hydrogens (tertiary/aromatic N) is 5. The highest BCUT2D eigenvalue weighted by Gasteiger charge is 2.28. The van der Waals surface area contributed by atoms with Crippen LogP contribution < -0.4 is 14.9 Å². The molecule has 2 heterocycles. The zero-order valence-electron chi connectivity index (χ0n) is 15.6. The maximum atomic E-state index is 12.7. The van der Waals surface area contributed by atoms with Crippen LogP contribution in [0.5, 0.6) is 0 Å².